The Kier molecular flexibility index (Phi) is 3.67. The van der Waals surface area contributed by atoms with Crippen LogP contribution < -0.4 is 0 Å². The van der Waals surface area contributed by atoms with Crippen LogP contribution in [0, 0.1) is 11.6 Å². The van der Waals surface area contributed by atoms with Crippen molar-refractivity contribution < 1.29 is 35.8 Å². The molecule has 0 saturated heterocycles. The normalized spacial score (nSPS) is 20.1. The molecule has 0 radical (unpaired) electrons. The van der Waals surface area contributed by atoms with E-state index >= 15 is 0 Å². The summed E-state index contributed by atoms with van der Waals surface area (Å²) < 4.78 is 94.3. The number of hydrogen-bond donors (Lipinski definition) is 1. The second-order valence-corrected chi connectivity index (χ2v) is 5.56. The molecule has 1 aromatic heterocycles. The van der Waals surface area contributed by atoms with Crippen LogP contribution in [0.3, 0.4) is 0 Å². The van der Waals surface area contributed by atoms with Gasteiger partial charge in [-0.15, -0.1) is 0 Å². The summed E-state index contributed by atoms with van der Waals surface area (Å²) in [7, 11) is 0. The summed E-state index contributed by atoms with van der Waals surface area (Å²) in [5.41, 5.74) is -2.93. The Morgan fingerprint density at radius 2 is 1.67 bits per heavy atom. The molecule has 1 aliphatic rings. The summed E-state index contributed by atoms with van der Waals surface area (Å²) >= 11 is 0. The second kappa shape index (κ2) is 5.23. The van der Waals surface area contributed by atoms with Crippen LogP contribution in [0.4, 0.5) is 30.7 Å². The molecule has 2 aromatic rings. The number of rotatable bonds is 1. The molecule has 2 nitrogen and oxygen atoms in total. The average molecular weight is 353 g/mol. The van der Waals surface area contributed by atoms with Crippen LogP contribution in [-0.4, -0.2) is 15.6 Å². The first-order chi connectivity index (χ1) is 11.0. The quantitative estimate of drug-likeness (QED) is 0.756. The van der Waals surface area contributed by atoms with Gasteiger partial charge < -0.3 is 9.67 Å². The molecule has 130 valence electrons. The van der Waals surface area contributed by atoms with Crippen LogP contribution in [0.1, 0.15) is 29.3 Å². The Bertz CT molecular complexity index is 774. The van der Waals surface area contributed by atoms with Gasteiger partial charge in [-0.1, -0.05) is 0 Å². The fraction of sp³-hybridized carbons (Fsp3) is 0.333. The molecular formula is C15H10F7NO. The molecule has 3 rings (SSSR count). The van der Waals surface area contributed by atoms with E-state index in [2.05, 4.69) is 0 Å². The number of hydrogen-bond acceptors (Lipinski definition) is 1. The summed E-state index contributed by atoms with van der Waals surface area (Å²) in [5, 5.41) is 9.69. The lowest BCUT2D eigenvalue weighted by atomic mass is 9.89. The molecule has 0 fully saturated rings. The van der Waals surface area contributed by atoms with Crippen molar-refractivity contribution in [3.8, 4) is 5.69 Å². The van der Waals surface area contributed by atoms with Crippen LogP contribution in [0.25, 0.3) is 5.69 Å². The maximum atomic E-state index is 13.6. The highest BCUT2D eigenvalue weighted by molar-refractivity contribution is 5.46. The third-order valence-electron chi connectivity index (χ3n) is 3.95. The van der Waals surface area contributed by atoms with Crippen molar-refractivity contribution in [3.63, 3.8) is 0 Å². The van der Waals surface area contributed by atoms with Crippen molar-refractivity contribution in [3.05, 3.63) is 52.9 Å². The molecule has 24 heavy (non-hydrogen) atoms. The van der Waals surface area contributed by atoms with Crippen LogP contribution in [-0.2, 0) is 12.6 Å². The van der Waals surface area contributed by atoms with Gasteiger partial charge in [-0.3, -0.25) is 0 Å². The van der Waals surface area contributed by atoms with E-state index in [1.165, 1.54) is 0 Å². The summed E-state index contributed by atoms with van der Waals surface area (Å²) in [4.78, 5) is 0. The SMILES string of the molecule is OC1c2c(C(F)(F)F)cn(-c3cc(F)cc(F)c3)c2CCC1(F)F. The van der Waals surface area contributed by atoms with Crippen molar-refractivity contribution >= 4 is 0 Å². The minimum Gasteiger partial charge on any atom is -0.382 e. The lowest BCUT2D eigenvalue weighted by Gasteiger charge is -2.29. The third-order valence-corrected chi connectivity index (χ3v) is 3.95. The Balaban J connectivity index is 2.27. The van der Waals surface area contributed by atoms with Crippen molar-refractivity contribution in [2.45, 2.75) is 31.0 Å². The topological polar surface area (TPSA) is 25.2 Å². The average Bonchev–Trinajstić information content (AvgIpc) is 2.82. The number of benzene rings is 1. The molecule has 1 aliphatic carbocycles. The number of alkyl halides is 5. The highest BCUT2D eigenvalue weighted by Gasteiger charge is 2.50. The van der Waals surface area contributed by atoms with Crippen LogP contribution in [0.5, 0.6) is 0 Å². The van der Waals surface area contributed by atoms with Crippen molar-refractivity contribution in [1.29, 1.82) is 0 Å². The third kappa shape index (κ3) is 2.66. The molecule has 0 spiro atoms. The zero-order chi connectivity index (χ0) is 17.9. The first-order valence-electron chi connectivity index (χ1n) is 6.84. The molecule has 1 heterocycles. The zero-order valence-corrected chi connectivity index (χ0v) is 11.8. The highest BCUT2D eigenvalue weighted by Crippen LogP contribution is 2.48. The Morgan fingerprint density at radius 3 is 2.21 bits per heavy atom. The molecule has 9 heteroatoms. The Labute approximate surface area is 131 Å². The van der Waals surface area contributed by atoms with E-state index in [1.54, 1.807) is 0 Å². The monoisotopic (exact) mass is 353 g/mol. The summed E-state index contributed by atoms with van der Waals surface area (Å²) in [6.07, 6.45) is -8.52. The van der Waals surface area contributed by atoms with E-state index in [-0.39, 0.29) is 11.4 Å². The maximum Gasteiger partial charge on any atom is 0.418 e. The molecule has 0 aliphatic heterocycles. The van der Waals surface area contributed by atoms with E-state index in [1.807, 2.05) is 0 Å². The predicted octanol–water partition coefficient (Wildman–Crippen LogP) is 4.39. The van der Waals surface area contributed by atoms with Crippen molar-refractivity contribution in [2.75, 3.05) is 0 Å². The largest absolute Gasteiger partial charge is 0.418 e. The number of fused-ring (bicyclic) bond motifs is 1. The van der Waals surface area contributed by atoms with E-state index in [0.717, 1.165) is 16.7 Å². The van der Waals surface area contributed by atoms with Gasteiger partial charge in [0.25, 0.3) is 5.92 Å². The minimum absolute atomic E-state index is 0.245. The smallest absolute Gasteiger partial charge is 0.382 e. The van der Waals surface area contributed by atoms with Gasteiger partial charge in [0.1, 0.15) is 17.7 Å². The van der Waals surface area contributed by atoms with Gasteiger partial charge in [-0.05, 0) is 18.6 Å². The molecule has 0 amide bonds. The molecule has 1 N–H and O–H groups in total. The van der Waals surface area contributed by atoms with Crippen LogP contribution >= 0.6 is 0 Å². The summed E-state index contributed by atoms with van der Waals surface area (Å²) in [6.45, 7) is 0. The molecule has 1 atom stereocenters. The molecular weight excluding hydrogens is 343 g/mol. The molecule has 0 saturated carbocycles. The van der Waals surface area contributed by atoms with E-state index in [4.69, 9.17) is 0 Å². The first kappa shape index (κ1) is 16.8. The molecule has 0 bridgehead atoms. The van der Waals surface area contributed by atoms with Gasteiger partial charge in [0.15, 0.2) is 0 Å². The summed E-state index contributed by atoms with van der Waals surface area (Å²) in [6, 6.07) is 2.10. The molecule has 1 aromatic carbocycles. The van der Waals surface area contributed by atoms with Crippen molar-refractivity contribution in [1.82, 2.24) is 4.57 Å². The summed E-state index contributed by atoms with van der Waals surface area (Å²) in [5.74, 6) is -5.77. The maximum absolute atomic E-state index is 13.6. The van der Waals surface area contributed by atoms with Gasteiger partial charge in [0, 0.05) is 29.9 Å². The fourth-order valence-electron chi connectivity index (χ4n) is 2.89. The number of aromatic nitrogens is 1. The zero-order valence-electron chi connectivity index (χ0n) is 11.8. The van der Waals surface area contributed by atoms with Crippen LogP contribution in [0.2, 0.25) is 0 Å². The number of nitrogens with zero attached hydrogens (tertiary/aromatic N) is 1. The van der Waals surface area contributed by atoms with Gasteiger partial charge in [-0.25, -0.2) is 17.6 Å². The number of aliphatic hydroxyl groups is 1. The first-order valence-corrected chi connectivity index (χ1v) is 6.84. The second-order valence-electron chi connectivity index (χ2n) is 5.56. The number of aliphatic hydroxyl groups excluding tert-OH is 1. The van der Waals surface area contributed by atoms with Gasteiger partial charge in [0.05, 0.1) is 11.3 Å². The lowest BCUT2D eigenvalue weighted by molar-refractivity contribution is -0.147. The predicted molar refractivity (Wildman–Crippen MR) is 68.9 cm³/mol. The lowest BCUT2D eigenvalue weighted by Crippen LogP contribution is -2.33. The van der Waals surface area contributed by atoms with Gasteiger partial charge in [-0.2, -0.15) is 13.2 Å². The van der Waals surface area contributed by atoms with Crippen LogP contribution in [0.15, 0.2) is 24.4 Å². The molecule has 1 unspecified atom stereocenters. The Morgan fingerprint density at radius 1 is 1.08 bits per heavy atom. The fourth-order valence-corrected chi connectivity index (χ4v) is 2.89. The van der Waals surface area contributed by atoms with E-state index in [0.29, 0.717) is 12.3 Å². The standard InChI is InChI=1S/C15H10F7NO/c16-7-3-8(17)5-9(4-7)23-6-10(15(20,21)22)12-11(23)1-2-14(18,19)13(12)24/h3-6,13,24H,1-2H2. The number of halogens is 7. The van der Waals surface area contributed by atoms with E-state index < -0.39 is 53.8 Å². The minimum atomic E-state index is -5.00. The van der Waals surface area contributed by atoms with Crippen molar-refractivity contribution in [2.24, 2.45) is 0 Å². The van der Waals surface area contributed by atoms with E-state index in [9.17, 15) is 35.8 Å². The van der Waals surface area contributed by atoms with Gasteiger partial charge >= 0.3 is 6.18 Å². The van der Waals surface area contributed by atoms with Gasteiger partial charge in [0.2, 0.25) is 0 Å². The highest BCUT2D eigenvalue weighted by atomic mass is 19.4. The Hall–Kier alpha value is -2.03.